The van der Waals surface area contributed by atoms with Crippen LogP contribution in [0.5, 0.6) is 11.5 Å². The van der Waals surface area contributed by atoms with E-state index in [1.165, 1.54) is 4.68 Å². The molecule has 0 spiro atoms. The lowest BCUT2D eigenvalue weighted by Crippen LogP contribution is -2.14. The molecule has 0 radical (unpaired) electrons. The molecule has 3 aromatic carbocycles. The lowest BCUT2D eigenvalue weighted by molar-refractivity contribution is 0.0995. The van der Waals surface area contributed by atoms with Gasteiger partial charge in [-0.2, -0.15) is 4.68 Å². The molecule has 0 aliphatic rings. The van der Waals surface area contributed by atoms with Crippen LogP contribution in [0.2, 0.25) is 0 Å². The van der Waals surface area contributed by atoms with E-state index in [9.17, 15) is 4.79 Å². The Balaban J connectivity index is 1.46. The number of rotatable bonds is 7. The van der Waals surface area contributed by atoms with Crippen molar-refractivity contribution in [2.75, 3.05) is 12.4 Å². The number of furan rings is 1. The Hall–Kier alpha value is -4.66. The van der Waals surface area contributed by atoms with Gasteiger partial charge in [-0.1, -0.05) is 36.4 Å². The first-order valence-corrected chi connectivity index (χ1v) is 10.6. The van der Waals surface area contributed by atoms with Crippen molar-refractivity contribution in [3.63, 3.8) is 0 Å². The first kappa shape index (κ1) is 21.2. The van der Waals surface area contributed by atoms with E-state index < -0.39 is 5.91 Å². The number of nitrogens with zero attached hydrogens (tertiary/aromatic N) is 4. The summed E-state index contributed by atoms with van der Waals surface area (Å²) in [5, 5.41) is 15.3. The van der Waals surface area contributed by atoms with E-state index in [1.807, 2.05) is 54.6 Å². The maximum Gasteiger partial charge on any atom is 0.291 e. The van der Waals surface area contributed by atoms with Gasteiger partial charge in [0.25, 0.3) is 5.91 Å². The number of nitrogens with one attached hydrogen (secondary N) is 1. The Bertz CT molecular complexity index is 1460. The van der Waals surface area contributed by atoms with Gasteiger partial charge in [0.1, 0.15) is 29.4 Å². The van der Waals surface area contributed by atoms with Gasteiger partial charge in [0.15, 0.2) is 11.6 Å². The smallest absolute Gasteiger partial charge is 0.291 e. The standard InChI is InChI=1S/C25H21N5O4/c1-16-27-28-29-30(16)21-14-17(12-13-23(21)32-2)26-25(31)24-20(15-33-18-8-4-3-5-9-18)19-10-6-7-11-22(19)34-24/h3-14H,15H2,1-2H3,(H,26,31). The summed E-state index contributed by atoms with van der Waals surface area (Å²) in [6.07, 6.45) is 0. The number of hydrogen-bond donors (Lipinski definition) is 1. The zero-order valence-electron chi connectivity index (χ0n) is 18.6. The number of fused-ring (bicyclic) bond motifs is 1. The largest absolute Gasteiger partial charge is 0.494 e. The number of para-hydroxylation sites is 2. The summed E-state index contributed by atoms with van der Waals surface area (Å²) >= 11 is 0. The number of amides is 1. The minimum atomic E-state index is -0.396. The number of tetrazole rings is 1. The highest BCUT2D eigenvalue weighted by Gasteiger charge is 2.22. The molecule has 2 aromatic heterocycles. The van der Waals surface area contributed by atoms with Crippen molar-refractivity contribution in [1.29, 1.82) is 0 Å². The fraction of sp³-hybridized carbons (Fsp3) is 0.120. The molecule has 5 rings (SSSR count). The molecule has 1 amide bonds. The summed E-state index contributed by atoms with van der Waals surface area (Å²) in [7, 11) is 1.56. The maximum atomic E-state index is 13.3. The van der Waals surface area contributed by atoms with E-state index in [1.54, 1.807) is 32.2 Å². The molecule has 2 heterocycles. The van der Waals surface area contributed by atoms with Crippen molar-refractivity contribution < 1.29 is 18.7 Å². The number of aryl methyl sites for hydroxylation is 1. The molecule has 0 atom stereocenters. The summed E-state index contributed by atoms with van der Waals surface area (Å²) in [5.74, 6) is 1.64. The number of carbonyl (C=O) groups excluding carboxylic acids is 1. The van der Waals surface area contributed by atoms with E-state index in [0.717, 1.165) is 5.39 Å². The van der Waals surface area contributed by atoms with Crippen molar-refractivity contribution >= 4 is 22.6 Å². The molecule has 5 aromatic rings. The van der Waals surface area contributed by atoms with Gasteiger partial charge in [-0.25, -0.2) is 0 Å². The normalized spacial score (nSPS) is 10.9. The van der Waals surface area contributed by atoms with Crippen molar-refractivity contribution in [3.05, 3.63) is 89.9 Å². The predicted octanol–water partition coefficient (Wildman–Crippen LogP) is 4.56. The number of methoxy groups -OCH3 is 1. The highest BCUT2D eigenvalue weighted by molar-refractivity contribution is 6.06. The van der Waals surface area contributed by atoms with E-state index in [4.69, 9.17) is 13.9 Å². The molecule has 0 unspecified atom stereocenters. The summed E-state index contributed by atoms with van der Waals surface area (Å²) in [5.41, 5.74) is 2.41. The molecule has 0 bridgehead atoms. The van der Waals surface area contributed by atoms with Gasteiger partial charge in [-0.15, -0.1) is 5.10 Å². The number of aromatic nitrogens is 4. The number of ether oxygens (including phenoxy) is 2. The molecular weight excluding hydrogens is 434 g/mol. The Labute approximate surface area is 194 Å². The average Bonchev–Trinajstić information content (AvgIpc) is 3.46. The number of anilines is 1. The Morgan fingerprint density at radius 1 is 1.06 bits per heavy atom. The average molecular weight is 455 g/mol. The third kappa shape index (κ3) is 4.06. The third-order valence-corrected chi connectivity index (χ3v) is 5.32. The molecule has 9 nitrogen and oxygen atoms in total. The molecule has 170 valence electrons. The minimum Gasteiger partial charge on any atom is -0.494 e. The van der Waals surface area contributed by atoms with Crippen LogP contribution in [0.4, 0.5) is 5.69 Å². The van der Waals surface area contributed by atoms with Crippen LogP contribution in [-0.4, -0.2) is 33.2 Å². The van der Waals surface area contributed by atoms with Crippen molar-refractivity contribution in [3.8, 4) is 17.2 Å². The lowest BCUT2D eigenvalue weighted by Gasteiger charge is -2.12. The van der Waals surface area contributed by atoms with Crippen LogP contribution in [0.25, 0.3) is 16.7 Å². The van der Waals surface area contributed by atoms with Gasteiger partial charge >= 0.3 is 0 Å². The second-order valence-corrected chi connectivity index (χ2v) is 7.49. The quantitative estimate of drug-likeness (QED) is 0.384. The number of hydrogen-bond acceptors (Lipinski definition) is 7. The van der Waals surface area contributed by atoms with Crippen molar-refractivity contribution in [2.45, 2.75) is 13.5 Å². The molecule has 0 fully saturated rings. The van der Waals surface area contributed by atoms with Crippen molar-refractivity contribution in [2.24, 2.45) is 0 Å². The second kappa shape index (κ2) is 9.07. The SMILES string of the molecule is COc1ccc(NC(=O)c2oc3ccccc3c2COc2ccccc2)cc1-n1nnnc1C. The molecule has 0 saturated heterocycles. The van der Waals surface area contributed by atoms with E-state index in [-0.39, 0.29) is 12.4 Å². The predicted molar refractivity (Wildman–Crippen MR) is 125 cm³/mol. The summed E-state index contributed by atoms with van der Waals surface area (Å²) in [6.45, 7) is 1.96. The van der Waals surface area contributed by atoms with Crippen LogP contribution in [0, 0.1) is 6.92 Å². The van der Waals surface area contributed by atoms with Gasteiger partial charge in [-0.3, -0.25) is 4.79 Å². The number of benzene rings is 3. The highest BCUT2D eigenvalue weighted by atomic mass is 16.5. The Morgan fingerprint density at radius 3 is 2.62 bits per heavy atom. The van der Waals surface area contributed by atoms with Gasteiger partial charge in [0.2, 0.25) is 0 Å². The van der Waals surface area contributed by atoms with Crippen LogP contribution < -0.4 is 14.8 Å². The maximum absolute atomic E-state index is 13.3. The highest BCUT2D eigenvalue weighted by Crippen LogP contribution is 2.30. The summed E-state index contributed by atoms with van der Waals surface area (Å²) < 4.78 is 18.8. The van der Waals surface area contributed by atoms with E-state index >= 15 is 0 Å². The summed E-state index contributed by atoms with van der Waals surface area (Å²) in [6, 6.07) is 22.1. The van der Waals surface area contributed by atoms with Crippen LogP contribution in [0.15, 0.2) is 77.2 Å². The Kier molecular flexibility index (Phi) is 5.65. The fourth-order valence-corrected chi connectivity index (χ4v) is 3.67. The van der Waals surface area contributed by atoms with Crippen LogP contribution in [-0.2, 0) is 6.61 Å². The van der Waals surface area contributed by atoms with Crippen LogP contribution in [0.3, 0.4) is 0 Å². The molecule has 34 heavy (non-hydrogen) atoms. The van der Waals surface area contributed by atoms with Crippen LogP contribution >= 0.6 is 0 Å². The fourth-order valence-electron chi connectivity index (χ4n) is 3.67. The topological polar surface area (TPSA) is 104 Å². The number of carbonyl (C=O) groups is 1. The first-order chi connectivity index (χ1) is 16.6. The zero-order valence-corrected chi connectivity index (χ0v) is 18.6. The van der Waals surface area contributed by atoms with E-state index in [0.29, 0.717) is 39.8 Å². The molecular formula is C25H21N5O4. The molecule has 9 heteroatoms. The molecule has 0 aliphatic heterocycles. The molecule has 0 aliphatic carbocycles. The minimum absolute atomic E-state index is 0.182. The van der Waals surface area contributed by atoms with Crippen molar-refractivity contribution in [1.82, 2.24) is 20.2 Å². The first-order valence-electron chi connectivity index (χ1n) is 10.6. The van der Waals surface area contributed by atoms with E-state index in [2.05, 4.69) is 20.8 Å². The van der Waals surface area contributed by atoms with Crippen LogP contribution in [0.1, 0.15) is 21.9 Å². The third-order valence-electron chi connectivity index (χ3n) is 5.32. The Morgan fingerprint density at radius 2 is 1.85 bits per heavy atom. The van der Waals surface area contributed by atoms with Gasteiger partial charge in [0, 0.05) is 16.6 Å². The second-order valence-electron chi connectivity index (χ2n) is 7.49. The zero-order chi connectivity index (χ0) is 23.5. The van der Waals surface area contributed by atoms with Gasteiger partial charge < -0.3 is 19.2 Å². The van der Waals surface area contributed by atoms with Gasteiger partial charge in [-0.05, 0) is 53.7 Å². The summed E-state index contributed by atoms with van der Waals surface area (Å²) in [4.78, 5) is 13.3. The van der Waals surface area contributed by atoms with Gasteiger partial charge in [0.05, 0.1) is 7.11 Å². The molecule has 1 N–H and O–H groups in total. The lowest BCUT2D eigenvalue weighted by atomic mass is 10.1. The monoisotopic (exact) mass is 455 g/mol. The molecule has 0 saturated carbocycles.